The van der Waals surface area contributed by atoms with Crippen molar-refractivity contribution in [2.24, 2.45) is 17.4 Å². The number of methoxy groups -OCH3 is 1. The van der Waals surface area contributed by atoms with E-state index in [-0.39, 0.29) is 61.0 Å². The second-order valence-corrected chi connectivity index (χ2v) is 17.8. The van der Waals surface area contributed by atoms with Gasteiger partial charge >= 0.3 is 0 Å². The summed E-state index contributed by atoms with van der Waals surface area (Å²) in [5, 5.41) is 33.0. The molecule has 0 radical (unpaired) electrons. The number of phenolic OH excluding ortho intramolecular Hbond substituents is 1. The summed E-state index contributed by atoms with van der Waals surface area (Å²) in [6, 6.07) is 3.31. The number of carbonyl (C=O) groups is 7. The summed E-state index contributed by atoms with van der Waals surface area (Å²) in [6.45, 7) is 3.45. The minimum Gasteiger partial charge on any atom is -0.508 e. The predicted molar refractivity (Wildman–Crippen MR) is 262 cm³/mol. The molecule has 0 saturated heterocycles. The van der Waals surface area contributed by atoms with Crippen molar-refractivity contribution >= 4 is 41.1 Å². The van der Waals surface area contributed by atoms with Gasteiger partial charge in [-0.1, -0.05) is 95.6 Å². The molecule has 0 aliphatic rings. The SMILES string of the molecule is COCCOCC(=O)NCCCCCCCCCCC(=O)NCCCCCCCCCCC(=O)NCCCC[C@H](CC(=O)[C@@H](C)NC(=O)[C@@H](N)Cc1ccc(O)cc1)C(=O)CN[C@@H](CO)C(N)=O. The molecule has 0 heterocycles. The topological polar surface area (TPSA) is 291 Å². The number of ether oxygens (including phenoxy) is 2. The maximum atomic E-state index is 13.2. The molecular formula is C50H87N7O11. The van der Waals surface area contributed by atoms with E-state index in [0.717, 1.165) is 102 Å². The highest BCUT2D eigenvalue weighted by Gasteiger charge is 2.27. The number of primary amides is 1. The number of carbonyl (C=O) groups excluding carboxylic acids is 7. The van der Waals surface area contributed by atoms with Gasteiger partial charge in [0.15, 0.2) is 5.78 Å². The van der Waals surface area contributed by atoms with E-state index in [1.165, 1.54) is 31.9 Å². The lowest BCUT2D eigenvalue weighted by Gasteiger charge is -2.21. The smallest absolute Gasteiger partial charge is 0.245 e. The van der Waals surface area contributed by atoms with Crippen molar-refractivity contribution < 1.29 is 53.2 Å². The molecule has 0 fully saturated rings. The van der Waals surface area contributed by atoms with Crippen molar-refractivity contribution in [3.63, 3.8) is 0 Å². The molecule has 1 rings (SSSR count). The third kappa shape index (κ3) is 33.1. The van der Waals surface area contributed by atoms with E-state index in [0.29, 0.717) is 58.4 Å². The molecule has 0 spiro atoms. The summed E-state index contributed by atoms with van der Waals surface area (Å²) in [6.07, 6.45) is 19.4. The summed E-state index contributed by atoms with van der Waals surface area (Å²) in [5.74, 6) is -2.69. The molecule has 0 aliphatic heterocycles. The number of nitrogens with two attached hydrogens (primary N) is 2. The lowest BCUT2D eigenvalue weighted by Crippen LogP contribution is -2.49. The Balaban J connectivity index is 2.14. The van der Waals surface area contributed by atoms with Crippen molar-refractivity contribution in [3.05, 3.63) is 29.8 Å². The van der Waals surface area contributed by atoms with Gasteiger partial charge in [0.25, 0.3) is 0 Å². The van der Waals surface area contributed by atoms with E-state index in [1.54, 1.807) is 19.2 Å². The second kappa shape index (κ2) is 40.4. The van der Waals surface area contributed by atoms with Crippen LogP contribution < -0.4 is 38.1 Å². The van der Waals surface area contributed by atoms with Gasteiger partial charge in [0.1, 0.15) is 24.2 Å². The zero-order valence-corrected chi connectivity index (χ0v) is 41.3. The third-order valence-corrected chi connectivity index (χ3v) is 11.8. The Bertz CT molecular complexity index is 1570. The summed E-state index contributed by atoms with van der Waals surface area (Å²) in [4.78, 5) is 87.0. The van der Waals surface area contributed by atoms with E-state index in [1.807, 2.05) is 0 Å². The Morgan fingerprint density at radius 1 is 0.647 bits per heavy atom. The first-order chi connectivity index (χ1) is 32.8. The maximum Gasteiger partial charge on any atom is 0.245 e. The minimum absolute atomic E-state index is 0.0301. The highest BCUT2D eigenvalue weighted by atomic mass is 16.5. The molecule has 11 N–H and O–H groups in total. The van der Waals surface area contributed by atoms with E-state index in [2.05, 4.69) is 26.6 Å². The first kappa shape index (κ1) is 61.5. The fourth-order valence-electron chi connectivity index (χ4n) is 7.48. The molecule has 0 aliphatic carbocycles. The van der Waals surface area contributed by atoms with E-state index < -0.39 is 42.5 Å². The van der Waals surface area contributed by atoms with Crippen LogP contribution in [0.25, 0.3) is 0 Å². The number of hydrogen-bond acceptors (Lipinski definition) is 13. The van der Waals surface area contributed by atoms with Gasteiger partial charge in [-0.3, -0.25) is 38.9 Å². The molecule has 0 bridgehead atoms. The Labute approximate surface area is 405 Å². The molecular weight excluding hydrogens is 875 g/mol. The summed E-state index contributed by atoms with van der Waals surface area (Å²) < 4.78 is 10.1. The Kier molecular flexibility index (Phi) is 36.6. The molecule has 4 atom stereocenters. The Morgan fingerprint density at radius 2 is 1.13 bits per heavy atom. The van der Waals surface area contributed by atoms with Gasteiger partial charge in [0.05, 0.1) is 38.4 Å². The lowest BCUT2D eigenvalue weighted by molar-refractivity contribution is -0.131. The number of phenols is 1. The van der Waals surface area contributed by atoms with Crippen molar-refractivity contribution in [3.8, 4) is 5.75 Å². The fourth-order valence-corrected chi connectivity index (χ4v) is 7.48. The van der Waals surface area contributed by atoms with Crippen molar-refractivity contribution in [2.75, 3.05) is 59.7 Å². The first-order valence-electron chi connectivity index (χ1n) is 25.2. The van der Waals surface area contributed by atoms with E-state index >= 15 is 0 Å². The molecule has 0 saturated carbocycles. The van der Waals surface area contributed by atoms with Gasteiger partial charge in [-0.2, -0.15) is 0 Å². The number of rotatable bonds is 45. The Hall–Kier alpha value is -4.49. The number of ketones is 2. The number of benzene rings is 1. The molecule has 388 valence electrons. The lowest BCUT2D eigenvalue weighted by atomic mass is 9.90. The van der Waals surface area contributed by atoms with Crippen LogP contribution in [0, 0.1) is 5.92 Å². The van der Waals surface area contributed by atoms with Gasteiger partial charge in [-0.25, -0.2) is 0 Å². The first-order valence-corrected chi connectivity index (χ1v) is 25.2. The highest BCUT2D eigenvalue weighted by molar-refractivity contribution is 5.94. The van der Waals surface area contributed by atoms with Crippen LogP contribution in [0.15, 0.2) is 24.3 Å². The van der Waals surface area contributed by atoms with Crippen LogP contribution in [-0.2, 0) is 49.5 Å². The number of hydrogen-bond donors (Lipinski definition) is 9. The van der Waals surface area contributed by atoms with Gasteiger partial charge in [-0.15, -0.1) is 0 Å². The van der Waals surface area contributed by atoms with Crippen LogP contribution in [-0.4, -0.2) is 129 Å². The number of aliphatic hydroxyl groups excluding tert-OH is 1. The average Bonchev–Trinajstić information content (AvgIpc) is 3.31. The van der Waals surface area contributed by atoms with E-state index in [4.69, 9.17) is 20.9 Å². The molecule has 18 heteroatoms. The second-order valence-electron chi connectivity index (χ2n) is 17.8. The fraction of sp³-hybridized carbons (Fsp3) is 0.740. The van der Waals surface area contributed by atoms with Crippen LogP contribution in [0.5, 0.6) is 5.75 Å². The Morgan fingerprint density at radius 3 is 1.63 bits per heavy atom. The maximum absolute atomic E-state index is 13.2. The normalized spacial score (nSPS) is 12.9. The molecule has 0 unspecified atom stereocenters. The third-order valence-electron chi connectivity index (χ3n) is 11.8. The standard InChI is InChI=1S/C50H87N7O11/c1-38(57-50(66)42(51)33-39-24-26-41(59)27-25-39)44(60)34-40(45(61)35-56-43(36-58)49(52)65)21-17-20-30-54-47(63)23-16-12-7-3-5-9-13-18-28-53-46(62)22-15-11-8-4-6-10-14-19-29-55-48(64)37-68-32-31-67-2/h24-27,38,40,42-43,56,58-59H,3-23,28-37,51H2,1-2H3,(H2,52,65)(H,53,62)(H,54,63)(H,55,64)(H,57,66)/t38-,40-,42+,43+/m1/s1. The quantitative estimate of drug-likeness (QED) is 0.0424. The van der Waals surface area contributed by atoms with E-state index in [9.17, 15) is 43.8 Å². The zero-order valence-electron chi connectivity index (χ0n) is 41.3. The minimum atomic E-state index is -1.12. The zero-order chi connectivity index (χ0) is 50.2. The van der Waals surface area contributed by atoms with Gasteiger partial charge in [-0.05, 0) is 69.6 Å². The van der Waals surface area contributed by atoms with Crippen molar-refractivity contribution in [1.29, 1.82) is 0 Å². The van der Waals surface area contributed by atoms with Crippen LogP contribution in [0.1, 0.15) is 154 Å². The van der Waals surface area contributed by atoms with Crippen molar-refractivity contribution in [1.82, 2.24) is 26.6 Å². The highest BCUT2D eigenvalue weighted by Crippen LogP contribution is 2.17. The van der Waals surface area contributed by atoms with Gasteiger partial charge < -0.3 is 52.4 Å². The van der Waals surface area contributed by atoms with Gasteiger partial charge in [0.2, 0.25) is 29.5 Å². The van der Waals surface area contributed by atoms with Gasteiger partial charge in [0, 0.05) is 51.9 Å². The van der Waals surface area contributed by atoms with Crippen molar-refractivity contribution in [2.45, 2.75) is 173 Å². The number of aliphatic hydroxyl groups is 1. The van der Waals surface area contributed by atoms with Crippen LogP contribution >= 0.6 is 0 Å². The number of nitrogens with one attached hydrogen (secondary N) is 5. The monoisotopic (exact) mass is 962 g/mol. The van der Waals surface area contributed by atoms with Crippen LogP contribution in [0.3, 0.4) is 0 Å². The summed E-state index contributed by atoms with van der Waals surface area (Å²) in [7, 11) is 1.60. The summed E-state index contributed by atoms with van der Waals surface area (Å²) in [5.41, 5.74) is 12.1. The number of aromatic hydroxyl groups is 1. The largest absolute Gasteiger partial charge is 0.508 e. The molecule has 18 nitrogen and oxygen atoms in total. The molecule has 5 amide bonds. The molecule has 1 aromatic carbocycles. The number of Topliss-reactive ketones (excluding diaryl/α,β-unsaturated/α-hetero) is 2. The molecule has 1 aromatic rings. The molecule has 68 heavy (non-hydrogen) atoms. The number of unbranched alkanes of at least 4 members (excludes halogenated alkanes) is 15. The molecule has 0 aromatic heterocycles. The average molecular weight is 962 g/mol. The predicted octanol–water partition coefficient (Wildman–Crippen LogP) is 3.55. The number of amides is 5. The summed E-state index contributed by atoms with van der Waals surface area (Å²) >= 11 is 0. The van der Waals surface area contributed by atoms with Crippen LogP contribution in [0.4, 0.5) is 0 Å². The van der Waals surface area contributed by atoms with Crippen LogP contribution in [0.2, 0.25) is 0 Å².